The van der Waals surface area contributed by atoms with E-state index in [-0.39, 0.29) is 16.9 Å². The van der Waals surface area contributed by atoms with Crippen LogP contribution in [0.4, 0.5) is 0 Å². The van der Waals surface area contributed by atoms with E-state index in [1.165, 1.54) is 12.7 Å². The standard InChI is InChI=1S/C20H36N2O3Si/c1-20(2,3)26(5,6)25-13-9-7-8-12-22-15-17-14-16(19(23)24-4)10-11-18(17)21-22/h15-16H,7-14H2,1-6H3. The average molecular weight is 381 g/mol. The smallest absolute Gasteiger partial charge is 0.309 e. The molecule has 1 aliphatic rings. The normalized spacial score (nSPS) is 17.8. The molecule has 1 atom stereocenters. The number of methoxy groups -OCH3 is 1. The minimum Gasteiger partial charge on any atom is -0.469 e. The summed E-state index contributed by atoms with van der Waals surface area (Å²) in [4.78, 5) is 11.7. The number of nitrogens with zero attached hydrogens (tertiary/aromatic N) is 2. The number of carbonyl (C=O) groups excluding carboxylic acids is 1. The summed E-state index contributed by atoms with van der Waals surface area (Å²) in [6, 6.07) is 0. The highest BCUT2D eigenvalue weighted by molar-refractivity contribution is 6.74. The monoisotopic (exact) mass is 380 g/mol. The molecule has 6 heteroatoms. The van der Waals surface area contributed by atoms with Crippen LogP contribution in [0.5, 0.6) is 0 Å². The zero-order chi connectivity index (χ0) is 19.4. The zero-order valence-corrected chi connectivity index (χ0v) is 18.4. The molecule has 26 heavy (non-hydrogen) atoms. The van der Waals surface area contributed by atoms with Crippen molar-refractivity contribution in [3.63, 3.8) is 0 Å². The van der Waals surface area contributed by atoms with Gasteiger partial charge in [0.05, 0.1) is 18.7 Å². The third-order valence-corrected chi connectivity index (χ3v) is 10.5. The number of aromatic nitrogens is 2. The lowest BCUT2D eigenvalue weighted by Gasteiger charge is -2.36. The molecule has 0 bridgehead atoms. The lowest BCUT2D eigenvalue weighted by Crippen LogP contribution is -2.40. The second kappa shape index (κ2) is 8.70. The van der Waals surface area contributed by atoms with Gasteiger partial charge in [0.1, 0.15) is 0 Å². The van der Waals surface area contributed by atoms with E-state index in [1.807, 2.05) is 0 Å². The second-order valence-electron chi connectivity index (χ2n) is 9.00. The summed E-state index contributed by atoms with van der Waals surface area (Å²) in [5.41, 5.74) is 2.37. The summed E-state index contributed by atoms with van der Waals surface area (Å²) in [6.07, 6.45) is 7.99. The van der Waals surface area contributed by atoms with E-state index in [0.29, 0.717) is 0 Å². The van der Waals surface area contributed by atoms with E-state index in [9.17, 15) is 4.79 Å². The maximum Gasteiger partial charge on any atom is 0.309 e. The van der Waals surface area contributed by atoms with Crippen molar-refractivity contribution in [1.82, 2.24) is 9.78 Å². The van der Waals surface area contributed by atoms with Gasteiger partial charge in [-0.2, -0.15) is 5.10 Å². The predicted octanol–water partition coefficient (Wildman–Crippen LogP) is 4.35. The van der Waals surface area contributed by atoms with Gasteiger partial charge in [-0.1, -0.05) is 20.8 Å². The number of ether oxygens (including phenoxy) is 1. The third kappa shape index (κ3) is 5.43. The van der Waals surface area contributed by atoms with Gasteiger partial charge >= 0.3 is 5.97 Å². The maximum atomic E-state index is 11.7. The molecule has 0 spiro atoms. The van der Waals surface area contributed by atoms with Gasteiger partial charge in [0.25, 0.3) is 0 Å². The molecule has 1 aromatic rings. The van der Waals surface area contributed by atoms with Gasteiger partial charge in [-0.05, 0) is 62.2 Å². The van der Waals surface area contributed by atoms with Gasteiger partial charge in [-0.25, -0.2) is 0 Å². The molecule has 0 fully saturated rings. The summed E-state index contributed by atoms with van der Waals surface area (Å²) in [6.45, 7) is 13.3. The fourth-order valence-electron chi connectivity index (χ4n) is 3.14. The first-order valence-corrected chi connectivity index (χ1v) is 12.8. The van der Waals surface area contributed by atoms with Gasteiger partial charge in [-0.15, -0.1) is 0 Å². The van der Waals surface area contributed by atoms with Crippen molar-refractivity contribution in [2.75, 3.05) is 13.7 Å². The van der Waals surface area contributed by atoms with E-state index in [2.05, 4.69) is 44.7 Å². The van der Waals surface area contributed by atoms with Crippen molar-refractivity contribution in [2.45, 2.75) is 84.0 Å². The molecule has 0 aromatic carbocycles. The quantitative estimate of drug-likeness (QED) is 0.382. The molecule has 1 aromatic heterocycles. The Balaban J connectivity index is 1.70. The Labute approximate surface area is 159 Å². The molecule has 0 aliphatic heterocycles. The van der Waals surface area contributed by atoms with Crippen LogP contribution in [-0.2, 0) is 33.3 Å². The maximum absolute atomic E-state index is 11.7. The van der Waals surface area contributed by atoms with E-state index in [0.717, 1.165) is 57.4 Å². The van der Waals surface area contributed by atoms with Gasteiger partial charge in [-0.3, -0.25) is 9.48 Å². The largest absolute Gasteiger partial charge is 0.469 e. The lowest BCUT2D eigenvalue weighted by molar-refractivity contribution is -0.145. The molecular formula is C20H36N2O3Si. The fraction of sp³-hybridized carbons (Fsp3) is 0.800. The molecule has 5 nitrogen and oxygen atoms in total. The Morgan fingerprint density at radius 2 is 2.04 bits per heavy atom. The predicted molar refractivity (Wildman–Crippen MR) is 107 cm³/mol. The highest BCUT2D eigenvalue weighted by Crippen LogP contribution is 2.36. The number of rotatable bonds is 8. The summed E-state index contributed by atoms with van der Waals surface area (Å²) in [5.74, 6) is -0.0947. The minimum absolute atomic E-state index is 0.00219. The van der Waals surface area contributed by atoms with E-state index in [4.69, 9.17) is 14.3 Å². The molecular weight excluding hydrogens is 344 g/mol. The summed E-state index contributed by atoms with van der Waals surface area (Å²) in [7, 11) is -0.142. The highest BCUT2D eigenvalue weighted by Gasteiger charge is 2.36. The van der Waals surface area contributed by atoms with Crippen LogP contribution in [0.1, 0.15) is 57.7 Å². The highest BCUT2D eigenvalue weighted by atomic mass is 28.4. The van der Waals surface area contributed by atoms with Crippen LogP contribution < -0.4 is 0 Å². The van der Waals surface area contributed by atoms with Gasteiger partial charge in [0, 0.05) is 19.3 Å². The van der Waals surface area contributed by atoms with E-state index >= 15 is 0 Å². The summed E-state index contributed by atoms with van der Waals surface area (Å²) < 4.78 is 13.2. The zero-order valence-electron chi connectivity index (χ0n) is 17.4. The Morgan fingerprint density at radius 1 is 1.31 bits per heavy atom. The molecule has 0 radical (unpaired) electrons. The molecule has 148 valence electrons. The Morgan fingerprint density at radius 3 is 2.69 bits per heavy atom. The van der Waals surface area contributed by atoms with Crippen LogP contribution in [0.2, 0.25) is 18.1 Å². The van der Waals surface area contributed by atoms with Crippen LogP contribution in [0, 0.1) is 5.92 Å². The first-order valence-electron chi connectivity index (χ1n) is 9.91. The van der Waals surface area contributed by atoms with Crippen molar-refractivity contribution < 1.29 is 14.0 Å². The van der Waals surface area contributed by atoms with Crippen LogP contribution in [0.15, 0.2) is 6.20 Å². The average Bonchev–Trinajstić information content (AvgIpc) is 2.97. The molecule has 0 amide bonds. The number of esters is 1. The Bertz CT molecular complexity index is 605. The van der Waals surface area contributed by atoms with Gasteiger partial charge in [0.15, 0.2) is 8.32 Å². The Hall–Kier alpha value is -1.14. The van der Waals surface area contributed by atoms with E-state index in [1.54, 1.807) is 0 Å². The molecule has 0 saturated heterocycles. The van der Waals surface area contributed by atoms with Crippen molar-refractivity contribution in [1.29, 1.82) is 0 Å². The van der Waals surface area contributed by atoms with Crippen LogP contribution in [0.3, 0.4) is 0 Å². The number of unbranched alkanes of at least 4 members (excludes halogenated alkanes) is 2. The number of hydrogen-bond acceptors (Lipinski definition) is 4. The van der Waals surface area contributed by atoms with Crippen LogP contribution >= 0.6 is 0 Å². The van der Waals surface area contributed by atoms with Crippen LogP contribution in [-0.4, -0.2) is 37.8 Å². The second-order valence-corrected chi connectivity index (χ2v) is 13.8. The molecule has 1 heterocycles. The summed E-state index contributed by atoms with van der Waals surface area (Å²) >= 11 is 0. The summed E-state index contributed by atoms with van der Waals surface area (Å²) in [5, 5.41) is 4.98. The SMILES string of the molecule is COC(=O)C1CCc2nn(CCCCCO[Si](C)(C)C(C)(C)C)cc2C1. The number of hydrogen-bond donors (Lipinski definition) is 0. The van der Waals surface area contributed by atoms with Crippen molar-refractivity contribution >= 4 is 14.3 Å². The van der Waals surface area contributed by atoms with Crippen molar-refractivity contribution in [2.24, 2.45) is 5.92 Å². The van der Waals surface area contributed by atoms with Crippen molar-refractivity contribution in [3.05, 3.63) is 17.5 Å². The first kappa shape index (κ1) is 21.2. The van der Waals surface area contributed by atoms with Gasteiger partial charge in [0.2, 0.25) is 0 Å². The molecule has 1 unspecified atom stereocenters. The number of aryl methyl sites for hydroxylation is 2. The van der Waals surface area contributed by atoms with Crippen molar-refractivity contribution in [3.8, 4) is 0 Å². The van der Waals surface area contributed by atoms with Gasteiger partial charge < -0.3 is 9.16 Å². The molecule has 2 rings (SSSR count). The fourth-order valence-corrected chi connectivity index (χ4v) is 4.23. The van der Waals surface area contributed by atoms with E-state index < -0.39 is 8.32 Å². The minimum atomic E-state index is -1.61. The lowest BCUT2D eigenvalue weighted by atomic mass is 9.88. The van der Waals surface area contributed by atoms with Crippen LogP contribution in [0.25, 0.3) is 0 Å². The topological polar surface area (TPSA) is 53.3 Å². The molecule has 1 aliphatic carbocycles. The number of carbonyl (C=O) groups is 1. The number of fused-ring (bicyclic) bond motifs is 1. The molecule has 0 saturated carbocycles. The molecule has 0 N–H and O–H groups in total. The third-order valence-electron chi connectivity index (χ3n) is 5.96. The first-order chi connectivity index (χ1) is 12.1. The Kier molecular flexibility index (Phi) is 7.08.